The van der Waals surface area contributed by atoms with E-state index in [1.54, 1.807) is 7.11 Å². The van der Waals surface area contributed by atoms with E-state index in [0.29, 0.717) is 5.92 Å². The second kappa shape index (κ2) is 5.48. The largest absolute Gasteiger partial charge is 0.497 e. The van der Waals surface area contributed by atoms with Crippen molar-refractivity contribution in [2.75, 3.05) is 7.11 Å². The van der Waals surface area contributed by atoms with Crippen LogP contribution >= 0.6 is 0 Å². The maximum absolute atomic E-state index is 5.18. The van der Waals surface area contributed by atoms with Crippen LogP contribution in [0.15, 0.2) is 48.8 Å². The molecule has 0 aliphatic rings. The van der Waals surface area contributed by atoms with Crippen molar-refractivity contribution in [2.45, 2.75) is 19.3 Å². The average Bonchev–Trinajstić information content (AvgIpc) is 2.42. The molecule has 0 unspecified atom stereocenters. The van der Waals surface area contributed by atoms with Gasteiger partial charge < -0.3 is 4.74 Å². The monoisotopic (exact) mass is 227 g/mol. The predicted molar refractivity (Wildman–Crippen MR) is 69.4 cm³/mol. The highest BCUT2D eigenvalue weighted by atomic mass is 16.5. The van der Waals surface area contributed by atoms with Gasteiger partial charge in [0, 0.05) is 18.3 Å². The number of hydrogen-bond donors (Lipinski definition) is 0. The average molecular weight is 227 g/mol. The van der Waals surface area contributed by atoms with Crippen LogP contribution in [0.25, 0.3) is 0 Å². The Kier molecular flexibility index (Phi) is 3.76. The van der Waals surface area contributed by atoms with Gasteiger partial charge in [-0.05, 0) is 41.8 Å². The molecule has 0 amide bonds. The Morgan fingerprint density at radius 1 is 1.00 bits per heavy atom. The summed E-state index contributed by atoms with van der Waals surface area (Å²) in [5.41, 5.74) is 2.63. The number of hydrogen-bond acceptors (Lipinski definition) is 2. The zero-order valence-electron chi connectivity index (χ0n) is 10.3. The van der Waals surface area contributed by atoms with Crippen molar-refractivity contribution in [3.05, 3.63) is 59.9 Å². The molecule has 88 valence electrons. The topological polar surface area (TPSA) is 22.1 Å². The third-order valence-electron chi connectivity index (χ3n) is 3.03. The van der Waals surface area contributed by atoms with E-state index in [1.807, 2.05) is 24.5 Å². The van der Waals surface area contributed by atoms with Crippen LogP contribution in [0.4, 0.5) is 0 Å². The molecule has 0 radical (unpaired) electrons. The minimum Gasteiger partial charge on any atom is -0.497 e. The predicted octanol–water partition coefficient (Wildman–Crippen LogP) is 3.63. The normalized spacial score (nSPS) is 12.1. The van der Waals surface area contributed by atoms with E-state index in [1.165, 1.54) is 11.1 Å². The number of ether oxygens (including phenoxy) is 1. The fraction of sp³-hybridized carbons (Fsp3) is 0.267. The van der Waals surface area contributed by atoms with E-state index >= 15 is 0 Å². The Bertz CT molecular complexity index is 450. The second-order valence-corrected chi connectivity index (χ2v) is 4.01. The summed E-state index contributed by atoms with van der Waals surface area (Å²) in [6.45, 7) is 2.20. The van der Waals surface area contributed by atoms with Crippen molar-refractivity contribution in [3.63, 3.8) is 0 Å². The number of methoxy groups -OCH3 is 1. The van der Waals surface area contributed by atoms with Crippen LogP contribution in [-0.2, 0) is 0 Å². The maximum Gasteiger partial charge on any atom is 0.118 e. The first-order valence-electron chi connectivity index (χ1n) is 5.89. The quantitative estimate of drug-likeness (QED) is 0.795. The molecule has 2 nitrogen and oxygen atoms in total. The number of nitrogens with zero attached hydrogens (tertiary/aromatic N) is 1. The molecular weight excluding hydrogens is 210 g/mol. The molecule has 0 saturated carbocycles. The highest BCUT2D eigenvalue weighted by Gasteiger charge is 2.11. The molecule has 2 rings (SSSR count). The molecule has 0 aliphatic carbocycles. The summed E-state index contributed by atoms with van der Waals surface area (Å²) in [6, 6.07) is 12.5. The lowest BCUT2D eigenvalue weighted by Gasteiger charge is -2.16. The molecule has 2 aromatic rings. The minimum absolute atomic E-state index is 0.434. The Balaban J connectivity index is 2.29. The molecule has 0 aliphatic heterocycles. The van der Waals surface area contributed by atoms with Crippen molar-refractivity contribution >= 4 is 0 Å². The Morgan fingerprint density at radius 2 is 1.59 bits per heavy atom. The van der Waals surface area contributed by atoms with Crippen LogP contribution in [0.2, 0.25) is 0 Å². The van der Waals surface area contributed by atoms with Crippen LogP contribution in [0.5, 0.6) is 5.75 Å². The SMILES string of the molecule is CC[C@H](c1ccncc1)c1ccc(OC)cc1. The molecule has 1 atom stereocenters. The van der Waals surface area contributed by atoms with Crippen molar-refractivity contribution in [3.8, 4) is 5.75 Å². The van der Waals surface area contributed by atoms with Gasteiger partial charge in [-0.25, -0.2) is 0 Å². The molecule has 0 spiro atoms. The zero-order chi connectivity index (χ0) is 12.1. The van der Waals surface area contributed by atoms with Crippen molar-refractivity contribution in [1.82, 2.24) is 4.98 Å². The number of aromatic nitrogens is 1. The molecule has 0 saturated heterocycles. The fourth-order valence-electron chi connectivity index (χ4n) is 2.10. The van der Waals surface area contributed by atoms with Gasteiger partial charge in [0.1, 0.15) is 5.75 Å². The van der Waals surface area contributed by atoms with Gasteiger partial charge in [-0.2, -0.15) is 0 Å². The van der Waals surface area contributed by atoms with E-state index in [9.17, 15) is 0 Å². The third-order valence-corrected chi connectivity index (χ3v) is 3.03. The van der Waals surface area contributed by atoms with Crippen LogP contribution in [-0.4, -0.2) is 12.1 Å². The molecule has 1 heterocycles. The van der Waals surface area contributed by atoms with Crippen molar-refractivity contribution in [2.24, 2.45) is 0 Å². The first-order chi connectivity index (χ1) is 8.35. The maximum atomic E-state index is 5.18. The van der Waals surface area contributed by atoms with E-state index in [-0.39, 0.29) is 0 Å². The zero-order valence-corrected chi connectivity index (χ0v) is 10.3. The van der Waals surface area contributed by atoms with Gasteiger partial charge in [0.15, 0.2) is 0 Å². The van der Waals surface area contributed by atoms with Crippen LogP contribution in [0.1, 0.15) is 30.4 Å². The summed E-state index contributed by atoms with van der Waals surface area (Å²) in [4.78, 5) is 4.06. The van der Waals surface area contributed by atoms with E-state index in [0.717, 1.165) is 12.2 Å². The Morgan fingerprint density at radius 3 is 2.12 bits per heavy atom. The second-order valence-electron chi connectivity index (χ2n) is 4.01. The molecule has 1 aromatic carbocycles. The highest BCUT2D eigenvalue weighted by Crippen LogP contribution is 2.28. The standard InChI is InChI=1S/C15H17NO/c1-3-15(13-8-10-16-11-9-13)12-4-6-14(17-2)7-5-12/h4-11,15H,3H2,1-2H3/t15-/m0/s1. The molecule has 0 fully saturated rings. The number of pyridine rings is 1. The van der Waals surface area contributed by atoms with Gasteiger partial charge in [-0.1, -0.05) is 19.1 Å². The summed E-state index contributed by atoms with van der Waals surface area (Å²) in [6.07, 6.45) is 4.78. The van der Waals surface area contributed by atoms with Gasteiger partial charge in [-0.3, -0.25) is 4.98 Å². The molecule has 0 bridgehead atoms. The van der Waals surface area contributed by atoms with Crippen LogP contribution in [0.3, 0.4) is 0 Å². The van der Waals surface area contributed by atoms with Gasteiger partial charge in [0.05, 0.1) is 7.11 Å². The molecule has 17 heavy (non-hydrogen) atoms. The van der Waals surface area contributed by atoms with E-state index in [4.69, 9.17) is 4.74 Å². The van der Waals surface area contributed by atoms with Crippen LogP contribution < -0.4 is 4.74 Å². The summed E-state index contributed by atoms with van der Waals surface area (Å²) in [5, 5.41) is 0. The number of rotatable bonds is 4. The molecular formula is C15H17NO. The molecule has 1 aromatic heterocycles. The lowest BCUT2D eigenvalue weighted by molar-refractivity contribution is 0.414. The Hall–Kier alpha value is -1.83. The summed E-state index contributed by atoms with van der Waals surface area (Å²) in [7, 11) is 1.69. The highest BCUT2D eigenvalue weighted by molar-refractivity contribution is 5.35. The summed E-state index contributed by atoms with van der Waals surface area (Å²) < 4.78 is 5.18. The van der Waals surface area contributed by atoms with E-state index in [2.05, 4.69) is 36.2 Å². The Labute approximate surface area is 102 Å². The first-order valence-corrected chi connectivity index (χ1v) is 5.89. The smallest absolute Gasteiger partial charge is 0.118 e. The lowest BCUT2D eigenvalue weighted by atomic mass is 9.90. The van der Waals surface area contributed by atoms with Crippen molar-refractivity contribution < 1.29 is 4.74 Å². The van der Waals surface area contributed by atoms with Gasteiger partial charge in [0.25, 0.3) is 0 Å². The summed E-state index contributed by atoms with van der Waals surface area (Å²) in [5.74, 6) is 1.34. The van der Waals surface area contributed by atoms with Gasteiger partial charge in [0.2, 0.25) is 0 Å². The number of benzene rings is 1. The molecule has 2 heteroatoms. The minimum atomic E-state index is 0.434. The van der Waals surface area contributed by atoms with Gasteiger partial charge >= 0.3 is 0 Å². The van der Waals surface area contributed by atoms with Crippen molar-refractivity contribution in [1.29, 1.82) is 0 Å². The van der Waals surface area contributed by atoms with Crippen LogP contribution in [0, 0.1) is 0 Å². The first kappa shape index (κ1) is 11.6. The lowest BCUT2D eigenvalue weighted by Crippen LogP contribution is -1.99. The third kappa shape index (κ3) is 2.64. The fourth-order valence-corrected chi connectivity index (χ4v) is 2.10. The van der Waals surface area contributed by atoms with Gasteiger partial charge in [-0.15, -0.1) is 0 Å². The van der Waals surface area contributed by atoms with E-state index < -0.39 is 0 Å². The molecule has 0 N–H and O–H groups in total. The summed E-state index contributed by atoms with van der Waals surface area (Å²) >= 11 is 0.